The van der Waals surface area contributed by atoms with E-state index in [2.05, 4.69) is 10.1 Å². The molecule has 0 fully saturated rings. The van der Waals surface area contributed by atoms with Gasteiger partial charge < -0.3 is 10.2 Å². The Hall–Kier alpha value is -3.93. The van der Waals surface area contributed by atoms with Gasteiger partial charge in [0.15, 0.2) is 0 Å². The molecule has 0 saturated carbocycles. The second-order valence-corrected chi connectivity index (χ2v) is 6.96. The van der Waals surface area contributed by atoms with E-state index < -0.39 is 0 Å². The first-order valence-corrected chi connectivity index (χ1v) is 9.33. The SMILES string of the molecule is CC(c1oc2ccccc2c(=O)c1-c1ccccc1)n1ncc2c(N)cncc21. The topological polar surface area (TPSA) is 86.9 Å². The lowest BCUT2D eigenvalue weighted by Crippen LogP contribution is -2.15. The highest BCUT2D eigenvalue weighted by atomic mass is 16.3. The summed E-state index contributed by atoms with van der Waals surface area (Å²) in [6.45, 7) is 1.95. The molecule has 6 heteroatoms. The van der Waals surface area contributed by atoms with E-state index in [-0.39, 0.29) is 11.5 Å². The van der Waals surface area contributed by atoms with Gasteiger partial charge in [0.25, 0.3) is 0 Å². The van der Waals surface area contributed by atoms with Crippen molar-refractivity contribution in [2.75, 3.05) is 5.73 Å². The van der Waals surface area contributed by atoms with Crippen molar-refractivity contribution in [3.05, 3.63) is 89.2 Å². The number of fused-ring (bicyclic) bond motifs is 2. The van der Waals surface area contributed by atoms with Gasteiger partial charge in [-0.2, -0.15) is 5.10 Å². The number of benzene rings is 2. The van der Waals surface area contributed by atoms with Crippen molar-refractivity contribution in [2.24, 2.45) is 0 Å². The minimum atomic E-state index is -0.344. The molecule has 0 spiro atoms. The van der Waals surface area contributed by atoms with E-state index in [1.165, 1.54) is 0 Å². The van der Waals surface area contributed by atoms with E-state index in [0.29, 0.717) is 28.0 Å². The third kappa shape index (κ3) is 2.69. The van der Waals surface area contributed by atoms with Crippen LogP contribution in [0.5, 0.6) is 0 Å². The van der Waals surface area contributed by atoms with Crippen LogP contribution in [0.15, 0.2) is 82.4 Å². The maximum atomic E-state index is 13.4. The van der Waals surface area contributed by atoms with Crippen molar-refractivity contribution >= 4 is 27.6 Å². The van der Waals surface area contributed by atoms with E-state index in [0.717, 1.165) is 16.5 Å². The van der Waals surface area contributed by atoms with Gasteiger partial charge in [0.05, 0.1) is 40.7 Å². The number of anilines is 1. The molecule has 3 aromatic heterocycles. The molecular formula is C23H18N4O2. The van der Waals surface area contributed by atoms with Gasteiger partial charge in [0, 0.05) is 5.39 Å². The first kappa shape index (κ1) is 17.2. The van der Waals surface area contributed by atoms with E-state index in [1.807, 2.05) is 55.5 Å². The Labute approximate surface area is 166 Å². The summed E-state index contributed by atoms with van der Waals surface area (Å²) in [6.07, 6.45) is 5.03. The van der Waals surface area contributed by atoms with Crippen LogP contribution in [0.3, 0.4) is 0 Å². The Morgan fingerprint density at radius 1 is 0.966 bits per heavy atom. The maximum Gasteiger partial charge on any atom is 0.200 e. The normalized spacial score (nSPS) is 12.4. The van der Waals surface area contributed by atoms with Crippen LogP contribution in [0.4, 0.5) is 5.69 Å². The van der Waals surface area contributed by atoms with Crippen LogP contribution in [-0.4, -0.2) is 14.8 Å². The van der Waals surface area contributed by atoms with Gasteiger partial charge >= 0.3 is 0 Å². The van der Waals surface area contributed by atoms with Crippen molar-refractivity contribution < 1.29 is 4.42 Å². The fraction of sp³-hybridized carbons (Fsp3) is 0.0870. The lowest BCUT2D eigenvalue weighted by Gasteiger charge is -2.17. The molecule has 0 bridgehead atoms. The molecule has 0 aliphatic heterocycles. The number of nitrogens with two attached hydrogens (primary N) is 1. The molecule has 0 aliphatic rings. The lowest BCUT2D eigenvalue weighted by atomic mass is 9.99. The predicted octanol–water partition coefficient (Wildman–Crippen LogP) is 4.40. The molecule has 1 atom stereocenters. The molecule has 1 unspecified atom stereocenters. The Morgan fingerprint density at radius 3 is 2.55 bits per heavy atom. The van der Waals surface area contributed by atoms with E-state index >= 15 is 0 Å². The average molecular weight is 382 g/mol. The second-order valence-electron chi connectivity index (χ2n) is 6.96. The van der Waals surface area contributed by atoms with Crippen molar-refractivity contribution in [1.82, 2.24) is 14.8 Å². The summed E-state index contributed by atoms with van der Waals surface area (Å²) in [7, 11) is 0. The molecule has 5 rings (SSSR count). The third-order valence-electron chi connectivity index (χ3n) is 5.19. The number of aromatic nitrogens is 3. The first-order valence-electron chi connectivity index (χ1n) is 9.33. The van der Waals surface area contributed by atoms with Crippen molar-refractivity contribution in [3.63, 3.8) is 0 Å². The number of pyridine rings is 1. The summed E-state index contributed by atoms with van der Waals surface area (Å²) in [4.78, 5) is 17.6. The Balaban J connectivity index is 1.81. The van der Waals surface area contributed by atoms with Gasteiger partial charge in [-0.15, -0.1) is 0 Å². The van der Waals surface area contributed by atoms with Crippen molar-refractivity contribution in [3.8, 4) is 11.1 Å². The minimum Gasteiger partial charge on any atom is -0.458 e. The minimum absolute atomic E-state index is 0.0611. The summed E-state index contributed by atoms with van der Waals surface area (Å²) >= 11 is 0. The first-order chi connectivity index (χ1) is 14.1. The Kier molecular flexibility index (Phi) is 3.91. The van der Waals surface area contributed by atoms with Crippen LogP contribution in [0.2, 0.25) is 0 Å². The Morgan fingerprint density at radius 2 is 1.72 bits per heavy atom. The molecule has 0 aliphatic carbocycles. The average Bonchev–Trinajstić information content (AvgIpc) is 3.19. The zero-order valence-electron chi connectivity index (χ0n) is 15.7. The number of nitrogen functional groups attached to an aromatic ring is 1. The fourth-order valence-electron chi connectivity index (χ4n) is 3.73. The highest BCUT2D eigenvalue weighted by Crippen LogP contribution is 2.32. The lowest BCUT2D eigenvalue weighted by molar-refractivity contribution is 0.446. The second kappa shape index (κ2) is 6.60. The van der Waals surface area contributed by atoms with Gasteiger partial charge in [-0.1, -0.05) is 42.5 Å². The van der Waals surface area contributed by atoms with Crippen molar-refractivity contribution in [1.29, 1.82) is 0 Å². The van der Waals surface area contributed by atoms with Crippen LogP contribution in [0, 0.1) is 0 Å². The number of hydrogen-bond donors (Lipinski definition) is 1. The van der Waals surface area contributed by atoms with E-state index in [9.17, 15) is 4.79 Å². The summed E-state index contributed by atoms with van der Waals surface area (Å²) in [5, 5.41) is 5.88. The van der Waals surface area contributed by atoms with Gasteiger partial charge in [-0.25, -0.2) is 0 Å². The third-order valence-corrected chi connectivity index (χ3v) is 5.19. The van der Waals surface area contributed by atoms with E-state index in [4.69, 9.17) is 10.2 Å². The monoisotopic (exact) mass is 382 g/mol. The summed E-state index contributed by atoms with van der Waals surface area (Å²) in [6, 6.07) is 16.5. The van der Waals surface area contributed by atoms with Gasteiger partial charge in [-0.3, -0.25) is 14.5 Å². The fourth-order valence-corrected chi connectivity index (χ4v) is 3.73. The number of rotatable bonds is 3. The highest BCUT2D eigenvalue weighted by Gasteiger charge is 2.23. The molecule has 2 N–H and O–H groups in total. The van der Waals surface area contributed by atoms with Crippen LogP contribution in [0.25, 0.3) is 33.0 Å². The molecule has 2 aromatic carbocycles. The van der Waals surface area contributed by atoms with Gasteiger partial charge in [-0.05, 0) is 24.6 Å². The summed E-state index contributed by atoms with van der Waals surface area (Å²) in [5.74, 6) is 0.548. The molecule has 3 heterocycles. The van der Waals surface area contributed by atoms with Crippen LogP contribution < -0.4 is 11.2 Å². The number of hydrogen-bond acceptors (Lipinski definition) is 5. The number of nitrogens with zero attached hydrogens (tertiary/aromatic N) is 3. The van der Waals surface area contributed by atoms with Crippen molar-refractivity contribution in [2.45, 2.75) is 13.0 Å². The maximum absolute atomic E-state index is 13.4. The molecule has 0 amide bonds. The molecule has 142 valence electrons. The predicted molar refractivity (Wildman–Crippen MR) is 114 cm³/mol. The number of para-hydroxylation sites is 1. The van der Waals surface area contributed by atoms with Crippen LogP contribution in [0.1, 0.15) is 18.7 Å². The summed E-state index contributed by atoms with van der Waals surface area (Å²) in [5.41, 5.74) is 9.22. The standard InChI is InChI=1S/C23H18N4O2/c1-14(27-19-13-25-12-18(24)17(19)11-26-27)23-21(15-7-3-2-4-8-15)22(28)16-9-5-6-10-20(16)29-23/h2-14H,24H2,1H3. The Bertz CT molecular complexity index is 1400. The molecule has 6 nitrogen and oxygen atoms in total. The molecule has 5 aromatic rings. The zero-order chi connectivity index (χ0) is 20.0. The van der Waals surface area contributed by atoms with E-state index in [1.54, 1.807) is 29.3 Å². The van der Waals surface area contributed by atoms with Crippen LogP contribution in [-0.2, 0) is 0 Å². The molecule has 29 heavy (non-hydrogen) atoms. The van der Waals surface area contributed by atoms with Crippen LogP contribution >= 0.6 is 0 Å². The highest BCUT2D eigenvalue weighted by molar-refractivity contribution is 5.89. The smallest absolute Gasteiger partial charge is 0.200 e. The largest absolute Gasteiger partial charge is 0.458 e. The molecular weight excluding hydrogens is 364 g/mol. The van der Waals surface area contributed by atoms with Gasteiger partial charge in [0.2, 0.25) is 5.43 Å². The van der Waals surface area contributed by atoms with Gasteiger partial charge in [0.1, 0.15) is 17.4 Å². The molecule has 0 saturated heterocycles. The summed E-state index contributed by atoms with van der Waals surface area (Å²) < 4.78 is 8.07. The molecule has 0 radical (unpaired) electrons. The zero-order valence-corrected chi connectivity index (χ0v) is 15.7. The quantitative estimate of drug-likeness (QED) is 0.500.